The number of benzene rings is 2. The molecule has 2 N–H and O–H groups in total. The minimum absolute atomic E-state index is 0.0193. The molecule has 0 saturated carbocycles. The standard InChI is InChI=1S/C29H31N3O4/c33-27(31-19-22-6-4-12-30-18-22)17-25-16-23-7-1-2-9-26(23)29(36-25)10-13-32(14-11-29)20-21-5-3-8-24(15-21)28(34)35/h1-9,12,15,18,25H,10-11,13-14,16-17,19-20H2,(H,31,33)(H,34,35). The van der Waals surface area contributed by atoms with Crippen LogP contribution in [-0.4, -0.2) is 46.1 Å². The van der Waals surface area contributed by atoms with Gasteiger partial charge in [-0.25, -0.2) is 4.79 Å². The molecule has 1 unspecified atom stereocenters. The number of aromatic nitrogens is 1. The number of fused-ring (bicyclic) bond motifs is 2. The number of aromatic carboxylic acids is 1. The summed E-state index contributed by atoms with van der Waals surface area (Å²) in [5.74, 6) is -0.925. The normalized spacial score (nSPS) is 18.9. The number of ether oxygens (including phenoxy) is 1. The van der Waals surface area contributed by atoms with E-state index in [0.29, 0.717) is 25.1 Å². The summed E-state index contributed by atoms with van der Waals surface area (Å²) < 4.78 is 6.74. The van der Waals surface area contributed by atoms with Crippen LogP contribution >= 0.6 is 0 Å². The van der Waals surface area contributed by atoms with Crippen LogP contribution in [0.15, 0.2) is 73.1 Å². The highest BCUT2D eigenvalue weighted by Crippen LogP contribution is 2.44. The van der Waals surface area contributed by atoms with Gasteiger partial charge in [0.05, 0.1) is 23.7 Å². The number of pyridine rings is 1. The summed E-state index contributed by atoms with van der Waals surface area (Å²) in [6, 6.07) is 19.4. The summed E-state index contributed by atoms with van der Waals surface area (Å²) in [6.07, 6.45) is 6.01. The van der Waals surface area contributed by atoms with E-state index in [1.165, 1.54) is 11.1 Å². The second kappa shape index (κ2) is 10.6. The Balaban J connectivity index is 1.24. The Morgan fingerprint density at radius 1 is 1.06 bits per heavy atom. The van der Waals surface area contributed by atoms with Crippen molar-refractivity contribution in [3.05, 3.63) is 101 Å². The zero-order chi connectivity index (χ0) is 25.0. The number of amides is 1. The van der Waals surface area contributed by atoms with Crippen LogP contribution in [0.5, 0.6) is 0 Å². The Bertz CT molecular complexity index is 1220. The quantitative estimate of drug-likeness (QED) is 0.527. The molecule has 1 fully saturated rings. The lowest BCUT2D eigenvalue weighted by atomic mass is 9.77. The average Bonchev–Trinajstić information content (AvgIpc) is 2.90. The second-order valence-corrected chi connectivity index (χ2v) is 9.72. The highest BCUT2D eigenvalue weighted by molar-refractivity contribution is 5.87. The van der Waals surface area contributed by atoms with Gasteiger partial charge in [0.25, 0.3) is 0 Å². The molecule has 1 saturated heterocycles. The predicted octanol–water partition coefficient (Wildman–Crippen LogP) is 3.92. The molecule has 1 amide bonds. The van der Waals surface area contributed by atoms with Gasteiger partial charge in [-0.15, -0.1) is 0 Å². The van der Waals surface area contributed by atoms with E-state index >= 15 is 0 Å². The molecule has 5 rings (SSSR count). The summed E-state index contributed by atoms with van der Waals surface area (Å²) in [5, 5.41) is 12.3. The molecule has 186 valence electrons. The number of hydrogen-bond acceptors (Lipinski definition) is 5. The molecule has 2 aromatic carbocycles. The zero-order valence-electron chi connectivity index (χ0n) is 20.2. The topological polar surface area (TPSA) is 91.8 Å². The highest BCUT2D eigenvalue weighted by atomic mass is 16.5. The van der Waals surface area contributed by atoms with Gasteiger partial charge in [0.1, 0.15) is 0 Å². The Labute approximate surface area is 211 Å². The first-order valence-electron chi connectivity index (χ1n) is 12.5. The maximum absolute atomic E-state index is 12.7. The van der Waals surface area contributed by atoms with Crippen molar-refractivity contribution < 1.29 is 19.4 Å². The number of hydrogen-bond donors (Lipinski definition) is 2. The summed E-state index contributed by atoms with van der Waals surface area (Å²) >= 11 is 0. The van der Waals surface area contributed by atoms with Crippen LogP contribution in [0.1, 0.15) is 51.9 Å². The number of nitrogens with zero attached hydrogens (tertiary/aromatic N) is 2. The van der Waals surface area contributed by atoms with Crippen LogP contribution in [0.25, 0.3) is 0 Å². The number of rotatable bonds is 7. The van der Waals surface area contributed by atoms with Gasteiger partial charge >= 0.3 is 5.97 Å². The molecule has 1 atom stereocenters. The number of piperidine rings is 1. The molecule has 0 aliphatic carbocycles. The van der Waals surface area contributed by atoms with Crippen LogP contribution in [0.3, 0.4) is 0 Å². The highest BCUT2D eigenvalue weighted by Gasteiger charge is 2.43. The van der Waals surface area contributed by atoms with Gasteiger partial charge in [-0.3, -0.25) is 14.7 Å². The Hall–Kier alpha value is -3.55. The van der Waals surface area contributed by atoms with E-state index in [0.717, 1.165) is 43.5 Å². The molecular weight excluding hydrogens is 454 g/mol. The predicted molar refractivity (Wildman–Crippen MR) is 135 cm³/mol. The average molecular weight is 486 g/mol. The van der Waals surface area contributed by atoms with E-state index in [-0.39, 0.29) is 12.0 Å². The third-order valence-electron chi connectivity index (χ3n) is 7.22. The number of carbonyl (C=O) groups excluding carboxylic acids is 1. The summed E-state index contributed by atoms with van der Waals surface area (Å²) in [4.78, 5) is 30.5. The summed E-state index contributed by atoms with van der Waals surface area (Å²) in [5.41, 5.74) is 4.39. The van der Waals surface area contributed by atoms with Gasteiger partial charge in [-0.2, -0.15) is 0 Å². The van der Waals surface area contributed by atoms with Crippen molar-refractivity contribution in [2.24, 2.45) is 0 Å². The molecule has 3 aromatic rings. The van der Waals surface area contributed by atoms with Crippen molar-refractivity contribution in [2.75, 3.05) is 13.1 Å². The molecule has 0 radical (unpaired) electrons. The van der Waals surface area contributed by atoms with E-state index < -0.39 is 11.6 Å². The van der Waals surface area contributed by atoms with Crippen LogP contribution < -0.4 is 5.32 Å². The Kier molecular flexibility index (Phi) is 7.11. The van der Waals surface area contributed by atoms with Crippen molar-refractivity contribution in [1.29, 1.82) is 0 Å². The fraction of sp³-hybridized carbons (Fsp3) is 0.345. The SMILES string of the molecule is O=C(CC1Cc2ccccc2C2(CCN(Cc3cccc(C(=O)O)c3)CC2)O1)NCc1cccnc1. The minimum atomic E-state index is -0.905. The molecule has 3 heterocycles. The van der Waals surface area contributed by atoms with E-state index in [4.69, 9.17) is 4.74 Å². The van der Waals surface area contributed by atoms with E-state index in [9.17, 15) is 14.7 Å². The monoisotopic (exact) mass is 485 g/mol. The van der Waals surface area contributed by atoms with Crippen LogP contribution in [-0.2, 0) is 34.6 Å². The third-order valence-corrected chi connectivity index (χ3v) is 7.22. The van der Waals surface area contributed by atoms with Crippen LogP contribution in [0, 0.1) is 0 Å². The van der Waals surface area contributed by atoms with E-state index in [1.54, 1.807) is 30.6 Å². The van der Waals surface area contributed by atoms with Gasteiger partial charge in [-0.1, -0.05) is 42.5 Å². The van der Waals surface area contributed by atoms with Gasteiger partial charge in [-0.05, 0) is 59.7 Å². The fourth-order valence-electron chi connectivity index (χ4n) is 5.43. The molecule has 0 bridgehead atoms. The number of nitrogens with one attached hydrogen (secondary N) is 1. The van der Waals surface area contributed by atoms with Crippen LogP contribution in [0.4, 0.5) is 0 Å². The smallest absolute Gasteiger partial charge is 0.335 e. The molecular formula is C29H31N3O4. The molecule has 1 aromatic heterocycles. The lowest BCUT2D eigenvalue weighted by Gasteiger charge is -2.47. The van der Waals surface area contributed by atoms with Crippen molar-refractivity contribution in [3.63, 3.8) is 0 Å². The van der Waals surface area contributed by atoms with E-state index in [2.05, 4.69) is 39.5 Å². The molecule has 2 aliphatic rings. The Morgan fingerprint density at radius 3 is 2.64 bits per heavy atom. The summed E-state index contributed by atoms with van der Waals surface area (Å²) in [7, 11) is 0. The van der Waals surface area contributed by atoms with Crippen molar-refractivity contribution in [1.82, 2.24) is 15.2 Å². The third kappa shape index (κ3) is 5.48. The fourth-order valence-corrected chi connectivity index (χ4v) is 5.43. The number of carboxylic acids is 1. The van der Waals surface area contributed by atoms with Gasteiger partial charge in [0.15, 0.2) is 0 Å². The lowest BCUT2D eigenvalue weighted by molar-refractivity contribution is -0.150. The van der Waals surface area contributed by atoms with Crippen LogP contribution in [0.2, 0.25) is 0 Å². The first-order valence-corrected chi connectivity index (χ1v) is 12.5. The number of likely N-dealkylation sites (tertiary alicyclic amines) is 1. The minimum Gasteiger partial charge on any atom is -0.478 e. The molecule has 1 spiro atoms. The molecule has 36 heavy (non-hydrogen) atoms. The largest absolute Gasteiger partial charge is 0.478 e. The number of carbonyl (C=O) groups is 2. The van der Waals surface area contributed by atoms with Crippen molar-refractivity contribution in [3.8, 4) is 0 Å². The maximum Gasteiger partial charge on any atom is 0.335 e. The van der Waals surface area contributed by atoms with Gasteiger partial charge in [0, 0.05) is 38.6 Å². The Morgan fingerprint density at radius 2 is 1.86 bits per heavy atom. The van der Waals surface area contributed by atoms with Crippen molar-refractivity contribution in [2.45, 2.75) is 50.5 Å². The lowest BCUT2D eigenvalue weighted by Crippen LogP contribution is -2.49. The molecule has 7 heteroatoms. The van der Waals surface area contributed by atoms with Crippen molar-refractivity contribution >= 4 is 11.9 Å². The maximum atomic E-state index is 12.7. The second-order valence-electron chi connectivity index (χ2n) is 9.72. The van der Waals surface area contributed by atoms with E-state index in [1.807, 2.05) is 18.2 Å². The van der Waals surface area contributed by atoms with Gasteiger partial charge < -0.3 is 15.2 Å². The zero-order valence-corrected chi connectivity index (χ0v) is 20.2. The van der Waals surface area contributed by atoms with Gasteiger partial charge in [0.2, 0.25) is 5.91 Å². The summed E-state index contributed by atoms with van der Waals surface area (Å²) in [6.45, 7) is 2.84. The first kappa shape index (κ1) is 24.2. The molecule has 7 nitrogen and oxygen atoms in total. The number of carboxylic acid groups (broad SMARTS) is 1. The molecule has 2 aliphatic heterocycles. The first-order chi connectivity index (χ1) is 17.5.